The Bertz CT molecular complexity index is 1090. The van der Waals surface area contributed by atoms with Crippen molar-refractivity contribution in [3.05, 3.63) is 53.6 Å². The molecule has 29 heavy (non-hydrogen) atoms. The first kappa shape index (κ1) is 19.1. The molecule has 1 aliphatic rings. The predicted octanol–water partition coefficient (Wildman–Crippen LogP) is 4.94. The van der Waals surface area contributed by atoms with Gasteiger partial charge in [-0.15, -0.1) is 0 Å². The van der Waals surface area contributed by atoms with Crippen LogP contribution in [0.2, 0.25) is 0 Å². The second-order valence-electron chi connectivity index (χ2n) is 7.17. The van der Waals surface area contributed by atoms with Crippen molar-refractivity contribution in [3.8, 4) is 6.07 Å². The summed E-state index contributed by atoms with van der Waals surface area (Å²) in [6, 6.07) is 14.0. The van der Waals surface area contributed by atoms with Crippen molar-refractivity contribution in [3.63, 3.8) is 0 Å². The Morgan fingerprint density at radius 1 is 1.03 bits per heavy atom. The predicted molar refractivity (Wildman–Crippen MR) is 114 cm³/mol. The number of fused-ring (bicyclic) bond motifs is 1. The standard InChI is InChI=1S/C22H20N4O2S/c23-13-14-6-8-16(9-7-14)20(27)24-17-10-11-18-19(12-17)29-22(25-18)26-21(28)15-4-2-1-3-5-15/h6-12,15H,1-5H2,(H,24,27)(H,25,26,28). The van der Waals surface area contributed by atoms with Gasteiger partial charge in [0.15, 0.2) is 5.13 Å². The zero-order chi connectivity index (χ0) is 20.2. The van der Waals surface area contributed by atoms with E-state index in [0.29, 0.717) is 21.9 Å². The fourth-order valence-electron chi connectivity index (χ4n) is 3.53. The molecule has 1 aromatic heterocycles. The molecule has 0 spiro atoms. The molecule has 0 saturated heterocycles. The van der Waals surface area contributed by atoms with E-state index in [4.69, 9.17) is 5.26 Å². The molecule has 2 aromatic carbocycles. The molecule has 1 fully saturated rings. The highest BCUT2D eigenvalue weighted by molar-refractivity contribution is 7.22. The van der Waals surface area contributed by atoms with Gasteiger partial charge in [0.25, 0.3) is 5.91 Å². The zero-order valence-electron chi connectivity index (χ0n) is 15.8. The van der Waals surface area contributed by atoms with Crippen LogP contribution in [0.1, 0.15) is 48.0 Å². The third-order valence-corrected chi connectivity index (χ3v) is 6.06. The first-order chi connectivity index (χ1) is 14.1. The van der Waals surface area contributed by atoms with Gasteiger partial charge in [-0.05, 0) is 55.3 Å². The van der Waals surface area contributed by atoms with Crippen LogP contribution in [0.25, 0.3) is 10.2 Å². The number of hydrogen-bond donors (Lipinski definition) is 2. The number of anilines is 2. The summed E-state index contributed by atoms with van der Waals surface area (Å²) < 4.78 is 0.890. The molecule has 1 heterocycles. The zero-order valence-corrected chi connectivity index (χ0v) is 16.6. The molecule has 0 aliphatic heterocycles. The average molecular weight is 404 g/mol. The molecule has 4 rings (SSSR count). The lowest BCUT2D eigenvalue weighted by Gasteiger charge is -2.19. The first-order valence-corrected chi connectivity index (χ1v) is 10.5. The van der Waals surface area contributed by atoms with E-state index in [2.05, 4.69) is 15.6 Å². The number of benzene rings is 2. The van der Waals surface area contributed by atoms with Crippen LogP contribution in [0.3, 0.4) is 0 Å². The largest absolute Gasteiger partial charge is 0.322 e. The molecule has 0 radical (unpaired) electrons. The fraction of sp³-hybridized carbons (Fsp3) is 0.273. The van der Waals surface area contributed by atoms with Crippen LogP contribution in [0.5, 0.6) is 0 Å². The van der Waals surface area contributed by atoms with Crippen LogP contribution in [0.4, 0.5) is 10.8 Å². The third kappa shape index (κ3) is 4.44. The van der Waals surface area contributed by atoms with Gasteiger partial charge in [0.05, 0.1) is 21.8 Å². The number of nitriles is 1. The van der Waals surface area contributed by atoms with Crippen molar-refractivity contribution in [1.82, 2.24) is 4.98 Å². The Balaban J connectivity index is 1.45. The van der Waals surface area contributed by atoms with Crippen molar-refractivity contribution < 1.29 is 9.59 Å². The second-order valence-corrected chi connectivity index (χ2v) is 8.20. The maximum atomic E-state index is 12.4. The van der Waals surface area contributed by atoms with Crippen molar-refractivity contribution in [1.29, 1.82) is 5.26 Å². The van der Waals surface area contributed by atoms with Gasteiger partial charge in [0.1, 0.15) is 0 Å². The van der Waals surface area contributed by atoms with Crippen LogP contribution in [-0.4, -0.2) is 16.8 Å². The van der Waals surface area contributed by atoms with E-state index in [0.717, 1.165) is 35.9 Å². The van der Waals surface area contributed by atoms with Gasteiger partial charge in [0.2, 0.25) is 5.91 Å². The molecule has 1 aliphatic carbocycles. The average Bonchev–Trinajstić information content (AvgIpc) is 3.15. The highest BCUT2D eigenvalue weighted by atomic mass is 32.1. The molecule has 1 saturated carbocycles. The molecule has 0 atom stereocenters. The molecular weight excluding hydrogens is 384 g/mol. The summed E-state index contributed by atoms with van der Waals surface area (Å²) in [4.78, 5) is 29.3. The monoisotopic (exact) mass is 404 g/mol. The molecule has 2 N–H and O–H groups in total. The SMILES string of the molecule is N#Cc1ccc(C(=O)Nc2ccc3nc(NC(=O)C4CCCCC4)sc3c2)cc1. The molecule has 7 heteroatoms. The lowest BCUT2D eigenvalue weighted by molar-refractivity contribution is -0.120. The third-order valence-electron chi connectivity index (χ3n) is 5.13. The highest BCUT2D eigenvalue weighted by Gasteiger charge is 2.22. The second kappa shape index (κ2) is 8.41. The number of rotatable bonds is 4. The van der Waals surface area contributed by atoms with Crippen LogP contribution in [-0.2, 0) is 4.79 Å². The number of hydrogen-bond acceptors (Lipinski definition) is 5. The minimum Gasteiger partial charge on any atom is -0.322 e. The Kier molecular flexibility index (Phi) is 5.54. The van der Waals surface area contributed by atoms with Crippen molar-refractivity contribution in [2.24, 2.45) is 5.92 Å². The Morgan fingerprint density at radius 3 is 2.52 bits per heavy atom. The number of aromatic nitrogens is 1. The van der Waals surface area contributed by atoms with Crippen LogP contribution >= 0.6 is 11.3 Å². The van der Waals surface area contributed by atoms with Gasteiger partial charge in [-0.1, -0.05) is 30.6 Å². The van der Waals surface area contributed by atoms with E-state index in [9.17, 15) is 9.59 Å². The Hall–Kier alpha value is -3.24. The van der Waals surface area contributed by atoms with Gasteiger partial charge in [-0.25, -0.2) is 4.98 Å². The molecule has 2 amide bonds. The lowest BCUT2D eigenvalue weighted by atomic mass is 9.89. The number of carbonyl (C=O) groups excluding carboxylic acids is 2. The minimum absolute atomic E-state index is 0.0538. The minimum atomic E-state index is -0.246. The van der Waals surface area contributed by atoms with Gasteiger partial charge >= 0.3 is 0 Å². The number of nitrogens with one attached hydrogen (secondary N) is 2. The number of nitrogens with zero attached hydrogens (tertiary/aromatic N) is 2. The maximum Gasteiger partial charge on any atom is 0.255 e. The van der Waals surface area contributed by atoms with Gasteiger partial charge in [-0.2, -0.15) is 5.26 Å². The number of carbonyl (C=O) groups is 2. The quantitative estimate of drug-likeness (QED) is 0.644. The van der Waals surface area contributed by atoms with Gasteiger partial charge in [0, 0.05) is 17.2 Å². The maximum absolute atomic E-state index is 12.4. The van der Waals surface area contributed by atoms with Crippen molar-refractivity contribution in [2.75, 3.05) is 10.6 Å². The van der Waals surface area contributed by atoms with Crippen molar-refractivity contribution in [2.45, 2.75) is 32.1 Å². The normalized spacial score (nSPS) is 14.3. The molecular formula is C22H20N4O2S. The summed E-state index contributed by atoms with van der Waals surface area (Å²) in [6.07, 6.45) is 5.33. The summed E-state index contributed by atoms with van der Waals surface area (Å²) in [7, 11) is 0. The summed E-state index contributed by atoms with van der Waals surface area (Å²) in [6.45, 7) is 0. The fourth-order valence-corrected chi connectivity index (χ4v) is 4.44. The van der Waals surface area contributed by atoms with E-state index in [-0.39, 0.29) is 17.7 Å². The molecule has 0 bridgehead atoms. The smallest absolute Gasteiger partial charge is 0.255 e. The van der Waals surface area contributed by atoms with Crippen LogP contribution in [0, 0.1) is 17.2 Å². The Morgan fingerprint density at radius 2 is 1.79 bits per heavy atom. The number of amides is 2. The summed E-state index contributed by atoms with van der Waals surface area (Å²) >= 11 is 1.40. The lowest BCUT2D eigenvalue weighted by Crippen LogP contribution is -2.24. The van der Waals surface area contributed by atoms with E-state index >= 15 is 0 Å². The van der Waals surface area contributed by atoms with E-state index in [1.54, 1.807) is 30.3 Å². The molecule has 6 nitrogen and oxygen atoms in total. The van der Waals surface area contributed by atoms with E-state index in [1.807, 2.05) is 18.2 Å². The van der Waals surface area contributed by atoms with Crippen LogP contribution in [0.15, 0.2) is 42.5 Å². The summed E-state index contributed by atoms with van der Waals surface area (Å²) in [5.41, 5.74) is 2.43. The summed E-state index contributed by atoms with van der Waals surface area (Å²) in [5.74, 6) is -0.111. The van der Waals surface area contributed by atoms with Gasteiger partial charge < -0.3 is 10.6 Å². The topological polar surface area (TPSA) is 94.9 Å². The Labute approximate surface area is 172 Å². The molecule has 0 unspecified atom stereocenters. The van der Waals surface area contributed by atoms with Gasteiger partial charge in [-0.3, -0.25) is 9.59 Å². The van der Waals surface area contributed by atoms with E-state index in [1.165, 1.54) is 17.8 Å². The molecule has 146 valence electrons. The first-order valence-electron chi connectivity index (χ1n) is 9.65. The van der Waals surface area contributed by atoms with Crippen LogP contribution < -0.4 is 10.6 Å². The number of thiazole rings is 1. The van der Waals surface area contributed by atoms with Crippen molar-refractivity contribution >= 4 is 44.2 Å². The summed E-state index contributed by atoms with van der Waals surface area (Å²) in [5, 5.41) is 15.3. The van der Waals surface area contributed by atoms with E-state index < -0.39 is 0 Å². The molecule has 3 aromatic rings. The highest BCUT2D eigenvalue weighted by Crippen LogP contribution is 2.30.